The molecule has 0 aliphatic heterocycles. The number of thiol groups is 1. The molecule has 0 aromatic rings. The van der Waals surface area contributed by atoms with Crippen LogP contribution in [0.15, 0.2) is 5.18 Å². The van der Waals surface area contributed by atoms with E-state index in [0.29, 0.717) is 19.3 Å². The van der Waals surface area contributed by atoms with Crippen LogP contribution in [-0.2, 0) is 10.7 Å². The highest BCUT2D eigenvalue weighted by Gasteiger charge is 2.48. The SMILES string of the molecule is O=NC(CCl)CC1([SH](=O)=O)CC1. The summed E-state index contributed by atoms with van der Waals surface area (Å²) in [6.07, 6.45) is 1.59. The molecule has 1 unspecified atom stereocenters. The Balaban J connectivity index is 2.55. The van der Waals surface area contributed by atoms with Crippen molar-refractivity contribution < 1.29 is 8.42 Å². The highest BCUT2D eigenvalue weighted by molar-refractivity contribution is 7.74. The Kier molecular flexibility index (Phi) is 3.06. The third kappa shape index (κ3) is 1.95. The van der Waals surface area contributed by atoms with Crippen LogP contribution in [0.2, 0.25) is 0 Å². The summed E-state index contributed by atoms with van der Waals surface area (Å²) in [4.78, 5) is 10.1. The largest absolute Gasteiger partial charge is 0.231 e. The van der Waals surface area contributed by atoms with Gasteiger partial charge in [0.05, 0.1) is 4.75 Å². The van der Waals surface area contributed by atoms with E-state index in [4.69, 9.17) is 11.6 Å². The second-order valence-corrected chi connectivity index (χ2v) is 4.87. The van der Waals surface area contributed by atoms with Crippen molar-refractivity contribution >= 4 is 22.3 Å². The van der Waals surface area contributed by atoms with Crippen LogP contribution in [0.25, 0.3) is 0 Å². The third-order valence-corrected chi connectivity index (χ3v) is 3.92. The summed E-state index contributed by atoms with van der Waals surface area (Å²) in [7, 11) is -2.43. The van der Waals surface area contributed by atoms with Gasteiger partial charge in [0.2, 0.25) is 0 Å². The van der Waals surface area contributed by atoms with Crippen molar-refractivity contribution in [1.29, 1.82) is 0 Å². The van der Waals surface area contributed by atoms with Crippen molar-refractivity contribution in [3.05, 3.63) is 4.91 Å². The molecule has 1 aliphatic rings. The fourth-order valence-corrected chi connectivity index (χ4v) is 2.17. The molecule has 4 nitrogen and oxygen atoms in total. The van der Waals surface area contributed by atoms with Crippen LogP contribution in [0.3, 0.4) is 0 Å². The normalized spacial score (nSPS) is 22.2. The van der Waals surface area contributed by atoms with E-state index in [-0.39, 0.29) is 5.88 Å². The van der Waals surface area contributed by atoms with Gasteiger partial charge in [0.25, 0.3) is 0 Å². The number of hydrogen-bond acceptors (Lipinski definition) is 4. The average molecular weight is 212 g/mol. The minimum atomic E-state index is -2.43. The summed E-state index contributed by atoms with van der Waals surface area (Å²) in [5.41, 5.74) is 0. The molecule has 0 aromatic heterocycles. The van der Waals surface area contributed by atoms with E-state index >= 15 is 0 Å². The number of nitrogens with zero attached hydrogens (tertiary/aromatic N) is 1. The molecule has 0 spiro atoms. The van der Waals surface area contributed by atoms with Crippen molar-refractivity contribution in [3.63, 3.8) is 0 Å². The summed E-state index contributed by atoms with van der Waals surface area (Å²) in [6.45, 7) is 0. The van der Waals surface area contributed by atoms with E-state index in [1.165, 1.54) is 0 Å². The third-order valence-electron chi connectivity index (χ3n) is 2.16. The van der Waals surface area contributed by atoms with Crippen molar-refractivity contribution in [3.8, 4) is 0 Å². The zero-order chi connectivity index (χ0) is 9.19. The maximum absolute atomic E-state index is 10.7. The molecule has 6 heteroatoms. The van der Waals surface area contributed by atoms with Crippen molar-refractivity contribution in [2.45, 2.75) is 30.1 Å². The molecule has 12 heavy (non-hydrogen) atoms. The van der Waals surface area contributed by atoms with E-state index < -0.39 is 21.5 Å². The molecule has 1 fully saturated rings. The summed E-state index contributed by atoms with van der Waals surface area (Å²) in [6, 6.07) is -0.554. The second-order valence-electron chi connectivity index (χ2n) is 3.10. The zero-order valence-electron chi connectivity index (χ0n) is 6.40. The van der Waals surface area contributed by atoms with E-state index in [2.05, 4.69) is 5.18 Å². The van der Waals surface area contributed by atoms with Crippen LogP contribution in [0.4, 0.5) is 0 Å². The van der Waals surface area contributed by atoms with Crippen molar-refractivity contribution in [1.82, 2.24) is 0 Å². The van der Waals surface area contributed by atoms with Gasteiger partial charge in [-0.15, -0.1) is 11.6 Å². The second kappa shape index (κ2) is 3.70. The standard InChI is InChI=1S/C6H10ClNO3S/c7-4-5(8-9)3-6(1-2-6)12(10)11/h5,12H,1-4H2. The fourth-order valence-electron chi connectivity index (χ4n) is 1.16. The number of hydrogen-bond donors (Lipinski definition) is 1. The highest BCUT2D eigenvalue weighted by Crippen LogP contribution is 2.43. The molecule has 0 N–H and O–H groups in total. The number of nitroso groups, excluding NO2 is 1. The Bertz CT molecular complexity index is 241. The summed E-state index contributed by atoms with van der Waals surface area (Å²) < 4.78 is 20.8. The topological polar surface area (TPSA) is 63.6 Å². The molecule has 0 radical (unpaired) electrons. The lowest BCUT2D eigenvalue weighted by Gasteiger charge is -2.09. The monoisotopic (exact) mass is 211 g/mol. The molecule has 0 heterocycles. The van der Waals surface area contributed by atoms with Crippen LogP contribution < -0.4 is 0 Å². The number of halogens is 1. The van der Waals surface area contributed by atoms with Gasteiger partial charge < -0.3 is 0 Å². The molecule has 70 valence electrons. The quantitative estimate of drug-likeness (QED) is 0.418. The number of rotatable bonds is 5. The maximum atomic E-state index is 10.7. The fraction of sp³-hybridized carbons (Fsp3) is 1.00. The first-order valence-electron chi connectivity index (χ1n) is 3.67. The lowest BCUT2D eigenvalue weighted by atomic mass is 10.2. The van der Waals surface area contributed by atoms with Gasteiger partial charge in [-0.1, -0.05) is 5.18 Å². The summed E-state index contributed by atoms with van der Waals surface area (Å²) >= 11 is 5.42. The van der Waals surface area contributed by atoms with E-state index in [0.717, 1.165) is 0 Å². The molecule has 0 saturated heterocycles. The molecule has 0 amide bonds. The molecule has 1 atom stereocenters. The molecule has 0 aromatic carbocycles. The minimum absolute atomic E-state index is 0.106. The van der Waals surface area contributed by atoms with Gasteiger partial charge in [-0.2, -0.15) is 4.91 Å². The minimum Gasteiger partial charge on any atom is -0.231 e. The molecule has 1 rings (SSSR count). The summed E-state index contributed by atoms with van der Waals surface area (Å²) in [5.74, 6) is 0.106. The first-order valence-corrected chi connectivity index (χ1v) is 5.39. The Labute approximate surface area is 77.2 Å². The van der Waals surface area contributed by atoms with Gasteiger partial charge in [-0.05, 0) is 19.3 Å². The molecule has 1 saturated carbocycles. The van der Waals surface area contributed by atoms with Crippen molar-refractivity contribution in [2.24, 2.45) is 5.18 Å². The number of alkyl halides is 1. The van der Waals surface area contributed by atoms with Crippen LogP contribution in [0, 0.1) is 4.91 Å². The van der Waals surface area contributed by atoms with E-state index in [1.54, 1.807) is 0 Å². The average Bonchev–Trinajstić information content (AvgIpc) is 2.81. The van der Waals surface area contributed by atoms with Gasteiger partial charge in [-0.3, -0.25) is 0 Å². The highest BCUT2D eigenvalue weighted by atomic mass is 35.5. The van der Waals surface area contributed by atoms with Crippen LogP contribution in [-0.4, -0.2) is 25.1 Å². The van der Waals surface area contributed by atoms with E-state index in [9.17, 15) is 13.3 Å². The Morgan fingerprint density at radius 2 is 2.08 bits per heavy atom. The lowest BCUT2D eigenvalue weighted by Crippen LogP contribution is -2.20. The molecule has 1 aliphatic carbocycles. The molecule has 0 bridgehead atoms. The van der Waals surface area contributed by atoms with Gasteiger partial charge >= 0.3 is 0 Å². The lowest BCUT2D eigenvalue weighted by molar-refractivity contribution is 0.567. The Morgan fingerprint density at radius 1 is 1.50 bits per heavy atom. The van der Waals surface area contributed by atoms with Crippen molar-refractivity contribution in [2.75, 3.05) is 5.88 Å². The molecular weight excluding hydrogens is 202 g/mol. The first-order chi connectivity index (χ1) is 5.64. The van der Waals surface area contributed by atoms with Crippen LogP contribution in [0.1, 0.15) is 19.3 Å². The van der Waals surface area contributed by atoms with Crippen LogP contribution in [0.5, 0.6) is 0 Å². The van der Waals surface area contributed by atoms with E-state index in [1.807, 2.05) is 0 Å². The summed E-state index contributed by atoms with van der Waals surface area (Å²) in [5, 5.41) is 2.76. The smallest absolute Gasteiger partial charge is 0.145 e. The zero-order valence-corrected chi connectivity index (χ0v) is 8.05. The predicted molar refractivity (Wildman–Crippen MR) is 47.2 cm³/mol. The van der Waals surface area contributed by atoms with Gasteiger partial charge in [-0.25, -0.2) is 8.42 Å². The predicted octanol–water partition coefficient (Wildman–Crippen LogP) is 0.894. The van der Waals surface area contributed by atoms with Crippen LogP contribution >= 0.6 is 11.6 Å². The Morgan fingerprint density at radius 3 is 2.33 bits per heavy atom. The first kappa shape index (κ1) is 9.92. The molecular formula is C6H10ClNO3S. The van der Waals surface area contributed by atoms with Gasteiger partial charge in [0.1, 0.15) is 16.7 Å². The van der Waals surface area contributed by atoms with Gasteiger partial charge in [0, 0.05) is 5.88 Å². The van der Waals surface area contributed by atoms with Gasteiger partial charge in [0.15, 0.2) is 0 Å². The maximum Gasteiger partial charge on any atom is 0.145 e. The Hall–Kier alpha value is -0.160.